The molecule has 0 heterocycles. The quantitative estimate of drug-likeness (QED) is 0.768. The smallest absolute Gasteiger partial charge is 0.314 e. The van der Waals surface area contributed by atoms with Crippen LogP contribution in [-0.4, -0.2) is 11.8 Å². The lowest BCUT2D eigenvalue weighted by Gasteiger charge is -2.09. The van der Waals surface area contributed by atoms with E-state index in [0.29, 0.717) is 11.4 Å². The molecule has 2 aromatic rings. The maximum absolute atomic E-state index is 11.9. The summed E-state index contributed by atoms with van der Waals surface area (Å²) in [5.74, 6) is -1.36. The number of para-hydroxylation sites is 2. The number of nitrogens with one attached hydrogen (secondary N) is 2. The van der Waals surface area contributed by atoms with Crippen molar-refractivity contribution in [2.45, 2.75) is 41.5 Å². The molecule has 0 aliphatic rings. The lowest BCUT2D eigenvalue weighted by molar-refractivity contribution is -0.133. The summed E-state index contributed by atoms with van der Waals surface area (Å²) in [6.07, 6.45) is 0. The third-order valence-electron chi connectivity index (χ3n) is 2.99. The number of hydrogen-bond donors (Lipinski definition) is 2. The first-order valence-electron chi connectivity index (χ1n) is 8.31. The van der Waals surface area contributed by atoms with E-state index in [1.807, 2.05) is 77.9 Å². The molecule has 0 aromatic heterocycles. The Morgan fingerprint density at radius 2 is 0.917 bits per heavy atom. The molecule has 0 unspecified atom stereocenters. The zero-order valence-corrected chi connectivity index (χ0v) is 15.4. The third-order valence-corrected chi connectivity index (χ3v) is 2.99. The first-order valence-corrected chi connectivity index (χ1v) is 8.31. The lowest BCUT2D eigenvalue weighted by Crippen LogP contribution is -2.29. The fourth-order valence-electron chi connectivity index (χ4n) is 1.78. The number of aryl methyl sites for hydroxylation is 2. The highest BCUT2D eigenvalue weighted by atomic mass is 16.2. The van der Waals surface area contributed by atoms with E-state index in [1.165, 1.54) is 0 Å². The van der Waals surface area contributed by atoms with Crippen molar-refractivity contribution in [3.8, 4) is 0 Å². The van der Waals surface area contributed by atoms with Crippen LogP contribution in [0.2, 0.25) is 0 Å². The molecule has 0 atom stereocenters. The molecule has 0 saturated carbocycles. The van der Waals surface area contributed by atoms with Crippen LogP contribution < -0.4 is 10.6 Å². The Morgan fingerprint density at radius 3 is 1.21 bits per heavy atom. The molecule has 4 heteroatoms. The molecule has 2 N–H and O–H groups in total. The molecule has 0 radical (unpaired) electrons. The van der Waals surface area contributed by atoms with Gasteiger partial charge in [-0.05, 0) is 37.1 Å². The minimum absolute atomic E-state index is 0.637. The van der Waals surface area contributed by atoms with E-state index in [9.17, 15) is 9.59 Å². The Kier molecular flexibility index (Phi) is 10.6. The topological polar surface area (TPSA) is 58.2 Å². The Morgan fingerprint density at radius 1 is 0.625 bits per heavy atom. The van der Waals surface area contributed by atoms with Crippen LogP contribution >= 0.6 is 0 Å². The SMILES string of the molecule is CC.CC.Cc1ccccc1NC(=O)C(=O)Nc1ccccc1C. The van der Waals surface area contributed by atoms with Crippen molar-refractivity contribution in [2.75, 3.05) is 10.6 Å². The maximum atomic E-state index is 11.9. The van der Waals surface area contributed by atoms with Gasteiger partial charge in [-0.25, -0.2) is 0 Å². The van der Waals surface area contributed by atoms with Gasteiger partial charge in [0, 0.05) is 11.4 Å². The van der Waals surface area contributed by atoms with Crippen LogP contribution in [0.5, 0.6) is 0 Å². The van der Waals surface area contributed by atoms with Gasteiger partial charge >= 0.3 is 11.8 Å². The molecular formula is C20H28N2O2. The second kappa shape index (κ2) is 11.9. The number of carbonyl (C=O) groups excluding carboxylic acids is 2. The minimum Gasteiger partial charge on any atom is -0.318 e. The standard InChI is InChI=1S/C16H16N2O2.2C2H6/c1-11-7-3-5-9-13(11)17-15(19)16(20)18-14-10-6-4-8-12(14)2;2*1-2/h3-10H,1-2H3,(H,17,19)(H,18,20);2*1-2H3. The number of amides is 2. The van der Waals surface area contributed by atoms with E-state index >= 15 is 0 Å². The molecule has 4 nitrogen and oxygen atoms in total. The predicted octanol–water partition coefficient (Wildman–Crippen LogP) is 4.93. The first-order chi connectivity index (χ1) is 11.6. The number of carbonyl (C=O) groups is 2. The van der Waals surface area contributed by atoms with E-state index in [4.69, 9.17) is 0 Å². The molecule has 0 fully saturated rings. The van der Waals surface area contributed by atoms with Crippen LogP contribution in [0.1, 0.15) is 38.8 Å². The minimum atomic E-state index is -0.678. The van der Waals surface area contributed by atoms with Crippen molar-refractivity contribution in [3.63, 3.8) is 0 Å². The molecule has 2 rings (SSSR count). The zero-order chi connectivity index (χ0) is 18.5. The number of anilines is 2. The summed E-state index contributed by atoms with van der Waals surface area (Å²) in [5.41, 5.74) is 3.09. The Hall–Kier alpha value is -2.62. The van der Waals surface area contributed by atoms with Gasteiger partial charge in [0.2, 0.25) is 0 Å². The summed E-state index contributed by atoms with van der Waals surface area (Å²) >= 11 is 0. The summed E-state index contributed by atoms with van der Waals surface area (Å²) in [4.78, 5) is 23.7. The van der Waals surface area contributed by atoms with Crippen LogP contribution in [-0.2, 0) is 9.59 Å². The fourth-order valence-corrected chi connectivity index (χ4v) is 1.78. The number of hydrogen-bond acceptors (Lipinski definition) is 2. The highest BCUT2D eigenvalue weighted by molar-refractivity contribution is 6.43. The van der Waals surface area contributed by atoms with Gasteiger partial charge in [0.25, 0.3) is 0 Å². The zero-order valence-electron chi connectivity index (χ0n) is 15.4. The summed E-state index contributed by atoms with van der Waals surface area (Å²) in [6.45, 7) is 11.7. The summed E-state index contributed by atoms with van der Waals surface area (Å²) in [7, 11) is 0. The highest BCUT2D eigenvalue weighted by Gasteiger charge is 2.15. The Balaban J connectivity index is 0.00000123. The van der Waals surface area contributed by atoms with Gasteiger partial charge in [-0.15, -0.1) is 0 Å². The van der Waals surface area contributed by atoms with E-state index in [0.717, 1.165) is 11.1 Å². The maximum Gasteiger partial charge on any atom is 0.314 e. The molecule has 2 aromatic carbocycles. The van der Waals surface area contributed by atoms with Crippen LogP contribution in [0, 0.1) is 13.8 Å². The number of benzene rings is 2. The first kappa shape index (κ1) is 21.4. The second-order valence-electron chi connectivity index (χ2n) is 4.54. The van der Waals surface area contributed by atoms with Gasteiger partial charge in [-0.3, -0.25) is 9.59 Å². The molecule has 0 bridgehead atoms. The molecule has 24 heavy (non-hydrogen) atoms. The van der Waals surface area contributed by atoms with Gasteiger partial charge in [-0.1, -0.05) is 64.1 Å². The monoisotopic (exact) mass is 328 g/mol. The summed E-state index contributed by atoms with van der Waals surface area (Å²) < 4.78 is 0. The van der Waals surface area contributed by atoms with Crippen molar-refractivity contribution >= 4 is 23.2 Å². The average molecular weight is 328 g/mol. The molecule has 0 saturated heterocycles. The van der Waals surface area contributed by atoms with Crippen molar-refractivity contribution in [1.29, 1.82) is 0 Å². The van der Waals surface area contributed by atoms with Crippen LogP contribution in [0.4, 0.5) is 11.4 Å². The Labute approximate surface area is 145 Å². The lowest BCUT2D eigenvalue weighted by atomic mass is 10.2. The van der Waals surface area contributed by atoms with Gasteiger partial charge in [0.1, 0.15) is 0 Å². The summed E-state index contributed by atoms with van der Waals surface area (Å²) in [5, 5.41) is 5.20. The molecule has 130 valence electrons. The van der Waals surface area contributed by atoms with Crippen molar-refractivity contribution in [1.82, 2.24) is 0 Å². The number of rotatable bonds is 2. The van der Waals surface area contributed by atoms with E-state index in [-0.39, 0.29) is 0 Å². The van der Waals surface area contributed by atoms with E-state index in [2.05, 4.69) is 10.6 Å². The second-order valence-corrected chi connectivity index (χ2v) is 4.54. The van der Waals surface area contributed by atoms with Crippen molar-refractivity contribution < 1.29 is 9.59 Å². The van der Waals surface area contributed by atoms with Gasteiger partial charge < -0.3 is 10.6 Å². The molecular weight excluding hydrogens is 300 g/mol. The van der Waals surface area contributed by atoms with Crippen LogP contribution in [0.25, 0.3) is 0 Å². The van der Waals surface area contributed by atoms with Gasteiger partial charge in [0.05, 0.1) is 0 Å². The van der Waals surface area contributed by atoms with Crippen LogP contribution in [0.15, 0.2) is 48.5 Å². The molecule has 2 amide bonds. The normalized spacial score (nSPS) is 8.75. The fraction of sp³-hybridized carbons (Fsp3) is 0.300. The molecule has 0 aliphatic heterocycles. The average Bonchev–Trinajstić information content (AvgIpc) is 2.62. The Bertz CT molecular complexity index is 594. The highest BCUT2D eigenvalue weighted by Crippen LogP contribution is 2.15. The van der Waals surface area contributed by atoms with E-state index < -0.39 is 11.8 Å². The van der Waals surface area contributed by atoms with Gasteiger partial charge in [0.15, 0.2) is 0 Å². The molecule has 0 spiro atoms. The van der Waals surface area contributed by atoms with Crippen molar-refractivity contribution in [3.05, 3.63) is 59.7 Å². The predicted molar refractivity (Wildman–Crippen MR) is 102 cm³/mol. The third kappa shape index (κ3) is 6.65. The van der Waals surface area contributed by atoms with Gasteiger partial charge in [-0.2, -0.15) is 0 Å². The van der Waals surface area contributed by atoms with Crippen molar-refractivity contribution in [2.24, 2.45) is 0 Å². The summed E-state index contributed by atoms with van der Waals surface area (Å²) in [6, 6.07) is 14.6. The largest absolute Gasteiger partial charge is 0.318 e. The van der Waals surface area contributed by atoms with Crippen LogP contribution in [0.3, 0.4) is 0 Å². The molecule has 0 aliphatic carbocycles. The van der Waals surface area contributed by atoms with E-state index in [1.54, 1.807) is 12.1 Å².